The number of rotatable bonds is 5. The van der Waals surface area contributed by atoms with E-state index in [1.165, 1.54) is 16.2 Å². The van der Waals surface area contributed by atoms with Crippen LogP contribution in [0.2, 0.25) is 0 Å². The van der Waals surface area contributed by atoms with E-state index in [1.54, 1.807) is 0 Å². The first-order valence-electron chi connectivity index (χ1n) is 18.8. The Morgan fingerprint density at radius 2 is 1.04 bits per heavy atom. The zero-order valence-corrected chi connectivity index (χ0v) is 30.0. The summed E-state index contributed by atoms with van der Waals surface area (Å²) in [5.74, 6) is 1.46. The van der Waals surface area contributed by atoms with E-state index in [0.717, 1.165) is 83.4 Å². The Kier molecular flexibility index (Phi) is 6.53. The van der Waals surface area contributed by atoms with Crippen molar-refractivity contribution in [3.8, 4) is 39.8 Å². The lowest BCUT2D eigenvalue weighted by Gasteiger charge is -2.15. The summed E-state index contributed by atoms with van der Waals surface area (Å²) in [5, 5.41) is 12.2. The summed E-state index contributed by atoms with van der Waals surface area (Å²) in [6.45, 7) is 0. The minimum atomic E-state index is 0.678. The Bertz CT molecular complexity index is 3480. The van der Waals surface area contributed by atoms with Crippen LogP contribution in [0.4, 0.5) is 0 Å². The second-order valence-corrected chi connectivity index (χ2v) is 14.2. The lowest BCUT2D eigenvalue weighted by Crippen LogP contribution is -2.04. The Morgan fingerprint density at radius 3 is 1.84 bits per heavy atom. The van der Waals surface area contributed by atoms with Crippen LogP contribution in [0.3, 0.4) is 0 Å². The van der Waals surface area contributed by atoms with Crippen LogP contribution in [0.1, 0.15) is 0 Å². The number of aromatic nitrogens is 5. The first-order valence-corrected chi connectivity index (χ1v) is 18.8. The van der Waals surface area contributed by atoms with Crippen molar-refractivity contribution in [2.75, 3.05) is 0 Å². The molecule has 0 fully saturated rings. The number of hydrogen-bond acceptors (Lipinski definition) is 3. The minimum absolute atomic E-state index is 0.678. The predicted molar refractivity (Wildman–Crippen MR) is 228 cm³/mol. The summed E-state index contributed by atoms with van der Waals surface area (Å²) < 4.78 is 13.2. The van der Waals surface area contributed by atoms with Gasteiger partial charge in [0.25, 0.3) is 0 Å². The number of furan rings is 1. The average molecular weight is 718 g/mol. The molecule has 0 spiro atoms. The molecule has 262 valence electrons. The van der Waals surface area contributed by atoms with Gasteiger partial charge in [-0.2, -0.15) is 0 Å². The SMILES string of the molecule is c1ccc(-c2nc(-c3ccccc3)n(-c3cccc4c5ccccc5n(-c5cccc(-n6c7ccccc7c7c8c(ccc76)oc6ccccc68)c5)c34)n2)cc1. The largest absolute Gasteiger partial charge is 0.456 e. The molecule has 12 aromatic rings. The maximum absolute atomic E-state index is 6.36. The van der Waals surface area contributed by atoms with Crippen LogP contribution in [-0.2, 0) is 0 Å². The second kappa shape index (κ2) is 11.9. The molecule has 0 amide bonds. The van der Waals surface area contributed by atoms with Gasteiger partial charge in [-0.3, -0.25) is 0 Å². The second-order valence-electron chi connectivity index (χ2n) is 14.2. The zero-order chi connectivity index (χ0) is 36.7. The van der Waals surface area contributed by atoms with E-state index in [-0.39, 0.29) is 0 Å². The molecule has 0 radical (unpaired) electrons. The van der Waals surface area contributed by atoms with Gasteiger partial charge in [-0.25, -0.2) is 9.67 Å². The molecule has 56 heavy (non-hydrogen) atoms. The molecule has 0 aliphatic rings. The molecule has 6 heteroatoms. The van der Waals surface area contributed by atoms with E-state index in [2.05, 4.69) is 155 Å². The van der Waals surface area contributed by atoms with Crippen molar-refractivity contribution >= 4 is 65.6 Å². The Hall–Kier alpha value is -7.70. The third-order valence-corrected chi connectivity index (χ3v) is 11.1. The van der Waals surface area contributed by atoms with Crippen molar-refractivity contribution < 1.29 is 4.42 Å². The molecule has 0 aliphatic carbocycles. The van der Waals surface area contributed by atoms with Crippen molar-refractivity contribution in [2.45, 2.75) is 0 Å². The van der Waals surface area contributed by atoms with Gasteiger partial charge in [-0.15, -0.1) is 5.10 Å². The summed E-state index contributed by atoms with van der Waals surface area (Å²) in [5.41, 5.74) is 11.3. The number of para-hydroxylation sites is 4. The van der Waals surface area contributed by atoms with Gasteiger partial charge in [0.05, 0.1) is 27.8 Å². The summed E-state index contributed by atoms with van der Waals surface area (Å²) >= 11 is 0. The van der Waals surface area contributed by atoms with E-state index in [0.29, 0.717) is 5.82 Å². The highest BCUT2D eigenvalue weighted by molar-refractivity contribution is 6.27. The van der Waals surface area contributed by atoms with Gasteiger partial charge >= 0.3 is 0 Å². The van der Waals surface area contributed by atoms with Gasteiger partial charge in [-0.1, -0.05) is 133 Å². The zero-order valence-electron chi connectivity index (χ0n) is 30.0. The van der Waals surface area contributed by atoms with Crippen LogP contribution in [0.25, 0.3) is 105 Å². The van der Waals surface area contributed by atoms with Crippen LogP contribution < -0.4 is 0 Å². The fraction of sp³-hybridized carbons (Fsp3) is 0. The van der Waals surface area contributed by atoms with Crippen LogP contribution >= 0.6 is 0 Å². The highest BCUT2D eigenvalue weighted by Crippen LogP contribution is 2.42. The highest BCUT2D eigenvalue weighted by Gasteiger charge is 2.23. The Labute approximate surface area is 320 Å². The summed E-state index contributed by atoms with van der Waals surface area (Å²) in [4.78, 5) is 5.17. The summed E-state index contributed by atoms with van der Waals surface area (Å²) in [6, 6.07) is 65.9. The standard InChI is InChI=1S/C50H31N5O/c1-3-15-32(16-4-1)49-51-50(33-17-5-2-6-18-33)55(52-49)43-27-14-24-37-36-21-7-10-25-40(36)54(48(37)43)35-20-13-19-34(31-35)53-41-26-11-8-22-38(41)46-42(53)29-30-45-47(46)39-23-9-12-28-44(39)56-45/h1-31H. The van der Waals surface area contributed by atoms with Gasteiger partial charge in [0.1, 0.15) is 11.2 Å². The van der Waals surface area contributed by atoms with E-state index in [9.17, 15) is 0 Å². The molecule has 0 atom stereocenters. The molecule has 0 N–H and O–H groups in total. The summed E-state index contributed by atoms with van der Waals surface area (Å²) in [6.07, 6.45) is 0. The first kappa shape index (κ1) is 30.7. The maximum Gasteiger partial charge on any atom is 0.182 e. The molecule has 4 aromatic heterocycles. The fourth-order valence-electron chi connectivity index (χ4n) is 8.73. The van der Waals surface area contributed by atoms with Gasteiger partial charge < -0.3 is 13.6 Å². The van der Waals surface area contributed by atoms with E-state index in [4.69, 9.17) is 14.5 Å². The van der Waals surface area contributed by atoms with Gasteiger partial charge in [0.2, 0.25) is 0 Å². The number of nitrogens with zero attached hydrogens (tertiary/aromatic N) is 5. The molecule has 0 aliphatic heterocycles. The minimum Gasteiger partial charge on any atom is -0.456 e. The van der Waals surface area contributed by atoms with Crippen molar-refractivity contribution in [1.82, 2.24) is 23.9 Å². The third-order valence-electron chi connectivity index (χ3n) is 11.1. The molecule has 0 unspecified atom stereocenters. The third kappa shape index (κ3) is 4.44. The monoisotopic (exact) mass is 717 g/mol. The lowest BCUT2D eigenvalue weighted by atomic mass is 10.1. The fourth-order valence-corrected chi connectivity index (χ4v) is 8.73. The normalized spacial score (nSPS) is 11.9. The molecule has 6 nitrogen and oxygen atoms in total. The van der Waals surface area contributed by atoms with Gasteiger partial charge in [0.15, 0.2) is 11.6 Å². The Balaban J connectivity index is 1.13. The van der Waals surface area contributed by atoms with Crippen molar-refractivity contribution in [1.29, 1.82) is 0 Å². The van der Waals surface area contributed by atoms with Crippen molar-refractivity contribution in [2.24, 2.45) is 0 Å². The molecule has 0 bridgehead atoms. The number of hydrogen-bond donors (Lipinski definition) is 0. The van der Waals surface area contributed by atoms with E-state index in [1.807, 2.05) is 47.1 Å². The van der Waals surface area contributed by atoms with Crippen LogP contribution in [-0.4, -0.2) is 23.9 Å². The number of benzene rings is 8. The van der Waals surface area contributed by atoms with Crippen LogP contribution in [0, 0.1) is 0 Å². The van der Waals surface area contributed by atoms with Crippen LogP contribution in [0.15, 0.2) is 192 Å². The summed E-state index contributed by atoms with van der Waals surface area (Å²) in [7, 11) is 0. The van der Waals surface area contributed by atoms with Gasteiger partial charge in [0, 0.05) is 54.8 Å². The maximum atomic E-state index is 6.36. The molecular weight excluding hydrogens is 687 g/mol. The topological polar surface area (TPSA) is 53.7 Å². The Morgan fingerprint density at radius 1 is 0.411 bits per heavy atom. The lowest BCUT2D eigenvalue weighted by molar-refractivity contribution is 0.669. The molecule has 0 saturated carbocycles. The quantitative estimate of drug-likeness (QED) is 0.178. The molecular formula is C50H31N5O. The smallest absolute Gasteiger partial charge is 0.182 e. The van der Waals surface area contributed by atoms with Crippen molar-refractivity contribution in [3.05, 3.63) is 188 Å². The number of fused-ring (bicyclic) bond motifs is 10. The molecule has 12 rings (SSSR count). The van der Waals surface area contributed by atoms with Crippen molar-refractivity contribution in [3.63, 3.8) is 0 Å². The molecule has 4 heterocycles. The highest BCUT2D eigenvalue weighted by atomic mass is 16.3. The van der Waals surface area contributed by atoms with Gasteiger partial charge in [-0.05, 0) is 54.6 Å². The van der Waals surface area contributed by atoms with E-state index >= 15 is 0 Å². The first-order chi connectivity index (χ1) is 27.8. The molecule has 0 saturated heterocycles. The molecule has 8 aromatic carbocycles. The predicted octanol–water partition coefficient (Wildman–Crippen LogP) is 12.7. The van der Waals surface area contributed by atoms with E-state index < -0.39 is 0 Å². The average Bonchev–Trinajstić information content (AvgIpc) is 4.04. The van der Waals surface area contributed by atoms with Crippen LogP contribution in [0.5, 0.6) is 0 Å².